The molecule has 0 saturated heterocycles. The van der Waals surface area contributed by atoms with E-state index in [0.717, 1.165) is 23.4 Å². The largest absolute Gasteiger partial charge is 0.366 e. The number of carbonyl (C=O) groups excluding carboxylic acids is 1. The number of hydrogen-bond acceptors (Lipinski definition) is 3. The molecule has 0 aromatic heterocycles. The molecule has 0 spiro atoms. The zero-order valence-electron chi connectivity index (χ0n) is 16.4. The molecule has 4 nitrogen and oxygen atoms in total. The average Bonchev–Trinajstić information content (AvgIpc) is 2.61. The van der Waals surface area contributed by atoms with E-state index in [-0.39, 0.29) is 23.0 Å². The first kappa shape index (κ1) is 20.9. The first-order valence-electron chi connectivity index (χ1n) is 8.78. The van der Waals surface area contributed by atoms with Crippen molar-refractivity contribution in [2.75, 3.05) is 32.1 Å². The van der Waals surface area contributed by atoms with Gasteiger partial charge < -0.3 is 9.80 Å². The molecule has 0 aliphatic rings. The molecule has 144 valence electrons. The van der Waals surface area contributed by atoms with Crippen molar-refractivity contribution >= 4 is 35.1 Å². The summed E-state index contributed by atoms with van der Waals surface area (Å²) >= 11 is 6.09. The quantitative estimate of drug-likeness (QED) is 0.378. The Hall–Kier alpha value is -2.40. The van der Waals surface area contributed by atoms with Crippen LogP contribution in [0.5, 0.6) is 0 Å². The third-order valence-electron chi connectivity index (χ3n) is 4.44. The highest BCUT2D eigenvalue weighted by Crippen LogP contribution is 2.29. The smallest absolute Gasteiger partial charge is 0.182 e. The van der Waals surface area contributed by atoms with E-state index in [1.807, 2.05) is 44.9 Å². The second-order valence-corrected chi connectivity index (χ2v) is 7.03. The molecular weight excluding hydrogens is 365 g/mol. The van der Waals surface area contributed by atoms with Crippen LogP contribution in [0.25, 0.3) is 0 Å². The third-order valence-corrected chi connectivity index (χ3v) is 4.74. The number of Topliss-reactive ketones (excluding diaryl/α,β-unsaturated/α-hetero) is 1. The molecule has 2 rings (SSSR count). The summed E-state index contributed by atoms with van der Waals surface area (Å²) in [4.78, 5) is 20.8. The van der Waals surface area contributed by atoms with Gasteiger partial charge in [-0.2, -0.15) is 0 Å². The number of aryl methyl sites for hydroxylation is 2. The lowest BCUT2D eigenvalue weighted by atomic mass is 10.00. The maximum atomic E-state index is 14.1. The molecule has 0 N–H and O–H groups in total. The molecule has 0 saturated carbocycles. The Morgan fingerprint density at radius 3 is 2.56 bits per heavy atom. The summed E-state index contributed by atoms with van der Waals surface area (Å²) in [5, 5.41) is 0.280. The predicted molar refractivity (Wildman–Crippen MR) is 111 cm³/mol. The summed E-state index contributed by atoms with van der Waals surface area (Å²) < 4.78 is 14.1. The Morgan fingerprint density at radius 2 is 1.93 bits per heavy atom. The highest BCUT2D eigenvalue weighted by atomic mass is 35.5. The fourth-order valence-corrected chi connectivity index (χ4v) is 3.02. The number of benzene rings is 2. The van der Waals surface area contributed by atoms with E-state index in [1.165, 1.54) is 11.0 Å². The molecule has 2 aromatic carbocycles. The van der Waals surface area contributed by atoms with Crippen molar-refractivity contribution in [2.45, 2.75) is 20.8 Å². The van der Waals surface area contributed by atoms with Gasteiger partial charge in [0.25, 0.3) is 0 Å². The Bertz CT molecular complexity index is 846. The van der Waals surface area contributed by atoms with Gasteiger partial charge in [0.15, 0.2) is 5.78 Å². The van der Waals surface area contributed by atoms with Gasteiger partial charge >= 0.3 is 0 Å². The molecular formula is C21H25ClFN3O. The Balaban J connectivity index is 2.24. The monoisotopic (exact) mass is 389 g/mol. The molecule has 0 radical (unpaired) electrons. The zero-order valence-corrected chi connectivity index (χ0v) is 17.1. The zero-order chi connectivity index (χ0) is 20.1. The summed E-state index contributed by atoms with van der Waals surface area (Å²) in [7, 11) is 3.61. The van der Waals surface area contributed by atoms with E-state index in [2.05, 4.69) is 4.99 Å². The predicted octanol–water partition coefficient (Wildman–Crippen LogP) is 5.03. The minimum atomic E-state index is -0.449. The van der Waals surface area contributed by atoms with E-state index in [1.54, 1.807) is 25.5 Å². The molecule has 0 bridgehead atoms. The molecule has 0 heterocycles. The van der Waals surface area contributed by atoms with Gasteiger partial charge in [-0.1, -0.05) is 17.7 Å². The van der Waals surface area contributed by atoms with Crippen LogP contribution in [0.1, 0.15) is 28.4 Å². The van der Waals surface area contributed by atoms with E-state index in [9.17, 15) is 9.18 Å². The standard InChI is InChI=1S/C21H25ClFN3O/c1-6-25(4)13-24-19-11-14(2)16(10-15(19)3)20(27)12-26(5)21-17(22)8-7-9-18(21)23/h7-11,13H,6,12H2,1-5H3. The van der Waals surface area contributed by atoms with Crippen LogP contribution in [0.2, 0.25) is 5.02 Å². The number of aliphatic imine (C=N–C) groups is 1. The van der Waals surface area contributed by atoms with Crippen molar-refractivity contribution in [1.82, 2.24) is 4.90 Å². The highest BCUT2D eigenvalue weighted by Gasteiger charge is 2.18. The van der Waals surface area contributed by atoms with Crippen LogP contribution in [-0.4, -0.2) is 44.2 Å². The molecule has 0 aliphatic heterocycles. The van der Waals surface area contributed by atoms with Gasteiger partial charge in [0, 0.05) is 26.2 Å². The van der Waals surface area contributed by atoms with Crippen LogP contribution in [-0.2, 0) is 0 Å². The number of carbonyl (C=O) groups is 1. The van der Waals surface area contributed by atoms with Crippen molar-refractivity contribution in [1.29, 1.82) is 0 Å². The number of nitrogens with zero attached hydrogens (tertiary/aromatic N) is 3. The van der Waals surface area contributed by atoms with Crippen molar-refractivity contribution < 1.29 is 9.18 Å². The number of anilines is 1. The molecule has 6 heteroatoms. The lowest BCUT2D eigenvalue weighted by Gasteiger charge is -2.21. The van der Waals surface area contributed by atoms with Crippen molar-refractivity contribution in [3.63, 3.8) is 0 Å². The molecule has 0 unspecified atom stereocenters. The van der Waals surface area contributed by atoms with E-state index in [0.29, 0.717) is 5.56 Å². The van der Waals surface area contributed by atoms with Gasteiger partial charge in [-0.3, -0.25) is 4.79 Å². The van der Waals surface area contributed by atoms with Crippen molar-refractivity contribution in [2.24, 2.45) is 4.99 Å². The maximum Gasteiger partial charge on any atom is 0.182 e. The molecule has 0 atom stereocenters. The number of hydrogen-bond donors (Lipinski definition) is 0. The SMILES string of the molecule is CCN(C)C=Nc1cc(C)c(C(=O)CN(C)c2c(F)cccc2Cl)cc1C. The van der Waals surface area contributed by atoms with Crippen LogP contribution in [0.3, 0.4) is 0 Å². The molecule has 0 fully saturated rings. The van der Waals surface area contributed by atoms with Crippen LogP contribution < -0.4 is 4.90 Å². The lowest BCUT2D eigenvalue weighted by molar-refractivity contribution is 0.0999. The van der Waals surface area contributed by atoms with Crippen molar-refractivity contribution in [3.8, 4) is 0 Å². The second-order valence-electron chi connectivity index (χ2n) is 6.62. The van der Waals surface area contributed by atoms with Crippen molar-refractivity contribution in [3.05, 3.63) is 57.9 Å². The van der Waals surface area contributed by atoms with Crippen LogP contribution in [0, 0.1) is 19.7 Å². The number of halogens is 2. The number of para-hydroxylation sites is 1. The molecule has 0 amide bonds. The minimum absolute atomic E-state index is 0.0299. The number of rotatable bonds is 7. The van der Waals surface area contributed by atoms with E-state index >= 15 is 0 Å². The summed E-state index contributed by atoms with van der Waals surface area (Å²) in [6.45, 7) is 6.74. The Morgan fingerprint density at radius 1 is 1.22 bits per heavy atom. The first-order valence-corrected chi connectivity index (χ1v) is 9.16. The summed E-state index contributed by atoms with van der Waals surface area (Å²) in [5.41, 5.74) is 3.41. The number of ketones is 1. The highest BCUT2D eigenvalue weighted by molar-refractivity contribution is 6.33. The van der Waals surface area contributed by atoms with Gasteiger partial charge in [0.1, 0.15) is 5.82 Å². The first-order chi connectivity index (χ1) is 12.7. The van der Waals surface area contributed by atoms with Gasteiger partial charge in [0.2, 0.25) is 0 Å². The van der Waals surface area contributed by atoms with Crippen LogP contribution in [0.4, 0.5) is 15.8 Å². The van der Waals surface area contributed by atoms with Crippen LogP contribution >= 0.6 is 11.6 Å². The fraction of sp³-hybridized carbons (Fsp3) is 0.333. The minimum Gasteiger partial charge on any atom is -0.366 e. The van der Waals surface area contributed by atoms with Gasteiger partial charge in [0.05, 0.1) is 29.3 Å². The maximum absolute atomic E-state index is 14.1. The number of likely N-dealkylation sites (N-methyl/N-ethyl adjacent to an activating group) is 1. The summed E-state index contributed by atoms with van der Waals surface area (Å²) in [6.07, 6.45) is 1.78. The van der Waals surface area contributed by atoms with Gasteiger partial charge in [-0.25, -0.2) is 9.38 Å². The third kappa shape index (κ3) is 5.07. The lowest BCUT2D eigenvalue weighted by Crippen LogP contribution is -2.27. The molecule has 27 heavy (non-hydrogen) atoms. The van der Waals surface area contributed by atoms with Gasteiger partial charge in [-0.15, -0.1) is 0 Å². The van der Waals surface area contributed by atoms with E-state index in [4.69, 9.17) is 11.6 Å². The van der Waals surface area contributed by atoms with Gasteiger partial charge in [-0.05, 0) is 56.2 Å². The van der Waals surface area contributed by atoms with Crippen LogP contribution in [0.15, 0.2) is 35.3 Å². The normalized spacial score (nSPS) is 11.1. The van der Waals surface area contributed by atoms with E-state index < -0.39 is 5.82 Å². The molecule has 2 aromatic rings. The Labute approximate surface area is 165 Å². The molecule has 0 aliphatic carbocycles. The summed E-state index contributed by atoms with van der Waals surface area (Å²) in [5.74, 6) is -0.547. The second kappa shape index (κ2) is 9.00. The Kier molecular flexibility index (Phi) is 6.97. The topological polar surface area (TPSA) is 35.9 Å². The fourth-order valence-electron chi connectivity index (χ4n) is 2.72. The summed E-state index contributed by atoms with van der Waals surface area (Å²) in [6, 6.07) is 8.22. The average molecular weight is 390 g/mol.